The van der Waals surface area contributed by atoms with Crippen LogP contribution in [0.2, 0.25) is 0 Å². The van der Waals surface area contributed by atoms with Gasteiger partial charge in [-0.1, -0.05) is 0 Å². The molecule has 1 unspecified atom stereocenters. The van der Waals surface area contributed by atoms with E-state index in [0.29, 0.717) is 18.1 Å². The highest BCUT2D eigenvalue weighted by Gasteiger charge is 2.33. The lowest BCUT2D eigenvalue weighted by atomic mass is 10.2. The van der Waals surface area contributed by atoms with Crippen LogP contribution >= 0.6 is 11.8 Å². The first-order valence-electron chi connectivity index (χ1n) is 6.08. The maximum atomic E-state index is 12.1. The fraction of sp³-hybridized carbons (Fsp3) is 0.818. The number of carboxylic acids is 1. The second-order valence-corrected chi connectivity index (χ2v) is 5.74. The quantitative estimate of drug-likeness (QED) is 0.861. The Kier molecular flexibility index (Phi) is 5.97. The van der Waals surface area contributed by atoms with Gasteiger partial charge < -0.3 is 14.9 Å². The summed E-state index contributed by atoms with van der Waals surface area (Å²) in [7, 11) is 1.30. The summed E-state index contributed by atoms with van der Waals surface area (Å²) in [6, 6.07) is -1.01. The van der Waals surface area contributed by atoms with E-state index in [0.717, 1.165) is 4.90 Å². The molecule has 0 aromatic heterocycles. The number of amides is 2. The molecule has 0 spiro atoms. The van der Waals surface area contributed by atoms with Gasteiger partial charge in [0.25, 0.3) is 0 Å². The largest absolute Gasteiger partial charge is 0.481 e. The van der Waals surface area contributed by atoms with E-state index in [-0.39, 0.29) is 6.42 Å². The van der Waals surface area contributed by atoms with Gasteiger partial charge in [-0.2, -0.15) is 24.9 Å². The van der Waals surface area contributed by atoms with Crippen LogP contribution in [0.1, 0.15) is 12.8 Å². The third kappa shape index (κ3) is 5.48. The summed E-state index contributed by atoms with van der Waals surface area (Å²) in [5, 5.41) is 8.80. The summed E-state index contributed by atoms with van der Waals surface area (Å²) >= 11 is 1.54. The highest BCUT2D eigenvalue weighted by molar-refractivity contribution is 7.99. The molecule has 2 amide bonds. The summed E-state index contributed by atoms with van der Waals surface area (Å²) < 4.78 is 36.4. The number of carbonyl (C=O) groups is 2. The van der Waals surface area contributed by atoms with Crippen LogP contribution in [0.15, 0.2) is 0 Å². The molecule has 1 atom stereocenters. The SMILES string of the molecule is CN(CCC(F)(F)F)C(=O)N1CCSCC1CC(=O)O. The molecule has 0 saturated carbocycles. The van der Waals surface area contributed by atoms with Crippen molar-refractivity contribution in [2.24, 2.45) is 0 Å². The molecule has 1 saturated heterocycles. The van der Waals surface area contributed by atoms with Crippen LogP contribution in [-0.2, 0) is 4.79 Å². The third-order valence-corrected chi connectivity index (χ3v) is 4.03. The zero-order valence-electron chi connectivity index (χ0n) is 11.0. The van der Waals surface area contributed by atoms with Crippen molar-refractivity contribution in [3.05, 3.63) is 0 Å². The molecule has 1 aliphatic heterocycles. The summed E-state index contributed by atoms with van der Waals surface area (Å²) in [6.45, 7) is -0.0659. The molecule has 5 nitrogen and oxygen atoms in total. The normalized spacial score (nSPS) is 19.8. The Morgan fingerprint density at radius 2 is 2.10 bits per heavy atom. The van der Waals surface area contributed by atoms with Gasteiger partial charge in [0, 0.05) is 31.6 Å². The minimum absolute atomic E-state index is 0.189. The number of carboxylic acid groups (broad SMARTS) is 1. The minimum atomic E-state index is -4.31. The first kappa shape index (κ1) is 16.9. The zero-order chi connectivity index (χ0) is 15.3. The smallest absolute Gasteiger partial charge is 0.390 e. The number of hydrogen-bond acceptors (Lipinski definition) is 3. The van der Waals surface area contributed by atoms with Gasteiger partial charge in [0.2, 0.25) is 0 Å². The molecule has 0 radical (unpaired) electrons. The van der Waals surface area contributed by atoms with Gasteiger partial charge >= 0.3 is 18.2 Å². The molecule has 0 aromatic carbocycles. The lowest BCUT2D eigenvalue weighted by Crippen LogP contribution is -2.52. The molecule has 0 aromatic rings. The molecule has 1 fully saturated rings. The van der Waals surface area contributed by atoms with Gasteiger partial charge in [-0.3, -0.25) is 4.79 Å². The van der Waals surface area contributed by atoms with Gasteiger partial charge in [-0.15, -0.1) is 0 Å². The van der Waals surface area contributed by atoms with Crippen molar-refractivity contribution < 1.29 is 27.9 Å². The van der Waals surface area contributed by atoms with Crippen LogP contribution in [0.25, 0.3) is 0 Å². The Labute approximate surface area is 119 Å². The number of hydrogen-bond donors (Lipinski definition) is 1. The van der Waals surface area contributed by atoms with Crippen molar-refractivity contribution in [2.45, 2.75) is 25.1 Å². The second kappa shape index (κ2) is 7.05. The monoisotopic (exact) mass is 314 g/mol. The van der Waals surface area contributed by atoms with Crippen LogP contribution in [-0.4, -0.2) is 70.8 Å². The lowest BCUT2D eigenvalue weighted by Gasteiger charge is -2.37. The van der Waals surface area contributed by atoms with E-state index >= 15 is 0 Å². The topological polar surface area (TPSA) is 60.9 Å². The number of alkyl halides is 3. The first-order valence-corrected chi connectivity index (χ1v) is 7.24. The second-order valence-electron chi connectivity index (χ2n) is 4.59. The van der Waals surface area contributed by atoms with Crippen molar-refractivity contribution in [1.29, 1.82) is 0 Å². The number of aliphatic carboxylic acids is 1. The van der Waals surface area contributed by atoms with E-state index in [9.17, 15) is 22.8 Å². The number of carbonyl (C=O) groups excluding carboxylic acids is 1. The Morgan fingerprint density at radius 3 is 2.65 bits per heavy atom. The van der Waals surface area contributed by atoms with Crippen LogP contribution in [0.5, 0.6) is 0 Å². The molecule has 1 rings (SSSR count). The number of rotatable bonds is 4. The van der Waals surface area contributed by atoms with Crippen molar-refractivity contribution in [3.63, 3.8) is 0 Å². The Bertz CT molecular complexity index is 365. The first-order chi connectivity index (χ1) is 9.20. The van der Waals surface area contributed by atoms with Crippen molar-refractivity contribution in [2.75, 3.05) is 31.6 Å². The Morgan fingerprint density at radius 1 is 1.45 bits per heavy atom. The van der Waals surface area contributed by atoms with Gasteiger partial charge in [-0.05, 0) is 0 Å². The van der Waals surface area contributed by atoms with E-state index in [1.807, 2.05) is 0 Å². The molecule has 0 aliphatic carbocycles. The van der Waals surface area contributed by atoms with Crippen molar-refractivity contribution in [1.82, 2.24) is 9.80 Å². The highest BCUT2D eigenvalue weighted by atomic mass is 32.2. The van der Waals surface area contributed by atoms with Gasteiger partial charge in [-0.25, -0.2) is 4.79 Å². The van der Waals surface area contributed by atoms with E-state index < -0.39 is 37.2 Å². The predicted octanol–water partition coefficient (Wildman–Crippen LogP) is 1.88. The summed E-state index contributed by atoms with van der Waals surface area (Å²) in [5.74, 6) is 0.133. The van der Waals surface area contributed by atoms with Gasteiger partial charge in [0.1, 0.15) is 0 Å². The highest BCUT2D eigenvalue weighted by Crippen LogP contribution is 2.22. The molecule has 1 heterocycles. The Hall–Kier alpha value is -1.12. The van der Waals surface area contributed by atoms with E-state index in [2.05, 4.69) is 0 Å². The van der Waals surface area contributed by atoms with Crippen LogP contribution in [0.3, 0.4) is 0 Å². The van der Waals surface area contributed by atoms with Crippen LogP contribution < -0.4 is 0 Å². The number of halogens is 3. The average Bonchev–Trinajstić information content (AvgIpc) is 2.34. The summed E-state index contributed by atoms with van der Waals surface area (Å²) in [5.41, 5.74) is 0. The molecule has 116 valence electrons. The van der Waals surface area contributed by atoms with E-state index in [4.69, 9.17) is 5.11 Å². The van der Waals surface area contributed by atoms with Gasteiger partial charge in [0.05, 0.1) is 18.9 Å². The maximum Gasteiger partial charge on any atom is 0.390 e. The molecule has 1 N–H and O–H groups in total. The Balaban J connectivity index is 2.60. The third-order valence-electron chi connectivity index (χ3n) is 2.94. The fourth-order valence-electron chi connectivity index (χ4n) is 1.89. The summed E-state index contributed by atoms with van der Waals surface area (Å²) in [4.78, 5) is 25.2. The van der Waals surface area contributed by atoms with Crippen molar-refractivity contribution >= 4 is 23.8 Å². The number of urea groups is 1. The molecule has 1 aliphatic rings. The lowest BCUT2D eigenvalue weighted by molar-refractivity contribution is -0.138. The minimum Gasteiger partial charge on any atom is -0.481 e. The van der Waals surface area contributed by atoms with Crippen LogP contribution in [0, 0.1) is 0 Å². The van der Waals surface area contributed by atoms with Crippen LogP contribution in [0.4, 0.5) is 18.0 Å². The number of thioether (sulfide) groups is 1. The number of nitrogens with zero attached hydrogens (tertiary/aromatic N) is 2. The average molecular weight is 314 g/mol. The summed E-state index contributed by atoms with van der Waals surface area (Å²) in [6.07, 6.45) is -5.57. The van der Waals surface area contributed by atoms with E-state index in [1.165, 1.54) is 23.7 Å². The molecule has 20 heavy (non-hydrogen) atoms. The molecular formula is C11H17F3N2O3S. The van der Waals surface area contributed by atoms with Crippen molar-refractivity contribution in [3.8, 4) is 0 Å². The standard InChI is InChI=1S/C11H17F3N2O3S/c1-15(3-2-11(12,13)14)10(19)16-4-5-20-7-8(16)6-9(17)18/h8H,2-7H2,1H3,(H,17,18). The molecule has 0 bridgehead atoms. The van der Waals surface area contributed by atoms with E-state index in [1.54, 1.807) is 0 Å². The molecule has 9 heteroatoms. The maximum absolute atomic E-state index is 12.1. The predicted molar refractivity (Wildman–Crippen MR) is 68.8 cm³/mol. The fourth-order valence-corrected chi connectivity index (χ4v) is 2.95. The van der Waals surface area contributed by atoms with Gasteiger partial charge in [0.15, 0.2) is 0 Å². The molecular weight excluding hydrogens is 297 g/mol. The zero-order valence-corrected chi connectivity index (χ0v) is 11.8.